The lowest BCUT2D eigenvalue weighted by Crippen LogP contribution is -2.40. The van der Waals surface area contributed by atoms with Gasteiger partial charge >= 0.3 is 0 Å². The molecular formula is C37H73N2+. The highest BCUT2D eigenvalue weighted by molar-refractivity contribution is 4.90. The van der Waals surface area contributed by atoms with Crippen molar-refractivity contribution >= 4 is 0 Å². The lowest BCUT2D eigenvalue weighted by atomic mass is 9.93. The van der Waals surface area contributed by atoms with E-state index in [4.69, 9.17) is 0 Å². The number of aromatic nitrogens is 2. The molecule has 1 rings (SSSR count). The van der Waals surface area contributed by atoms with Crippen molar-refractivity contribution in [2.24, 2.45) is 0 Å². The summed E-state index contributed by atoms with van der Waals surface area (Å²) in [6.07, 6.45) is 44.5. The molecule has 1 aromatic rings. The van der Waals surface area contributed by atoms with Crippen LogP contribution in [0.2, 0.25) is 0 Å². The van der Waals surface area contributed by atoms with Crippen molar-refractivity contribution < 1.29 is 4.57 Å². The van der Waals surface area contributed by atoms with Crippen LogP contribution < -0.4 is 4.57 Å². The minimum absolute atomic E-state index is 0.600. The molecule has 0 saturated carbocycles. The average Bonchev–Trinajstić information content (AvgIpc) is 3.44. The minimum Gasteiger partial charge on any atom is -0.247 e. The second kappa shape index (κ2) is 27.4. The van der Waals surface area contributed by atoms with Crippen molar-refractivity contribution in [2.45, 2.75) is 219 Å². The molecule has 0 amide bonds. The van der Waals surface area contributed by atoms with Gasteiger partial charge in [0, 0.05) is 0 Å². The van der Waals surface area contributed by atoms with Crippen molar-refractivity contribution in [2.75, 3.05) is 0 Å². The van der Waals surface area contributed by atoms with E-state index in [2.05, 4.69) is 49.6 Å². The summed E-state index contributed by atoms with van der Waals surface area (Å²) in [5.41, 5.74) is 0. The van der Waals surface area contributed by atoms with Crippen molar-refractivity contribution in [3.05, 3.63) is 18.2 Å². The van der Waals surface area contributed by atoms with Gasteiger partial charge in [0.1, 0.15) is 12.4 Å². The van der Waals surface area contributed by atoms with E-state index in [-0.39, 0.29) is 0 Å². The molecule has 1 heterocycles. The maximum atomic E-state index is 3.67. The van der Waals surface area contributed by atoms with Crippen LogP contribution in [0.4, 0.5) is 0 Å². The van der Waals surface area contributed by atoms with Crippen molar-refractivity contribution in [3.63, 3.8) is 0 Å². The predicted octanol–water partition coefficient (Wildman–Crippen LogP) is 12.9. The normalized spacial score (nSPS) is 13.2. The number of aromatic amines is 1. The molecule has 230 valence electrons. The Kier molecular flexibility index (Phi) is 25.4. The second-order valence-electron chi connectivity index (χ2n) is 12.9. The molecule has 0 fully saturated rings. The first-order valence-corrected chi connectivity index (χ1v) is 18.3. The maximum Gasteiger partial charge on any atom is 0.257 e. The monoisotopic (exact) mass is 546 g/mol. The summed E-state index contributed by atoms with van der Waals surface area (Å²) in [5.74, 6) is 2.22. The van der Waals surface area contributed by atoms with E-state index in [1.54, 1.807) is 0 Å². The maximum absolute atomic E-state index is 3.67. The first-order valence-electron chi connectivity index (χ1n) is 18.3. The fraction of sp³-hybridized carbons (Fsp3) is 0.919. The van der Waals surface area contributed by atoms with E-state index in [1.807, 2.05) is 0 Å². The Morgan fingerprint density at radius 2 is 0.846 bits per heavy atom. The van der Waals surface area contributed by atoms with E-state index in [1.165, 1.54) is 186 Å². The van der Waals surface area contributed by atoms with Gasteiger partial charge in [-0.1, -0.05) is 181 Å². The topological polar surface area (TPSA) is 19.7 Å². The number of hydrogen-bond donors (Lipinski definition) is 1. The standard InChI is InChI=1S/C37H72N2/c1-5-8-10-12-14-16-18-19-20-21-22-24-26-28-30-32-36(37-38-33-34-39(37)35(4)7-3)31-29-27-25-23-17-15-13-11-9-6-2/h33-36H,5-32H2,1-4H3/p+1. The zero-order chi connectivity index (χ0) is 28.2. The number of hydrogen-bond acceptors (Lipinski definition) is 0. The van der Waals surface area contributed by atoms with Crippen LogP contribution in [0.1, 0.15) is 225 Å². The molecule has 0 bridgehead atoms. The van der Waals surface area contributed by atoms with Gasteiger partial charge in [0.05, 0.1) is 12.0 Å². The molecule has 0 saturated heterocycles. The molecule has 0 radical (unpaired) electrons. The van der Waals surface area contributed by atoms with Gasteiger partial charge in [-0.2, -0.15) is 0 Å². The van der Waals surface area contributed by atoms with E-state index in [0.717, 1.165) is 0 Å². The zero-order valence-electron chi connectivity index (χ0n) is 27.6. The van der Waals surface area contributed by atoms with E-state index in [9.17, 15) is 0 Å². The molecule has 1 N–H and O–H groups in total. The summed E-state index contributed by atoms with van der Waals surface area (Å²) >= 11 is 0. The van der Waals surface area contributed by atoms with Crippen molar-refractivity contribution in [3.8, 4) is 0 Å². The minimum atomic E-state index is 0.600. The van der Waals surface area contributed by atoms with E-state index >= 15 is 0 Å². The molecule has 39 heavy (non-hydrogen) atoms. The van der Waals surface area contributed by atoms with Crippen LogP contribution in [-0.4, -0.2) is 4.98 Å². The number of imidazole rings is 1. The predicted molar refractivity (Wildman–Crippen MR) is 175 cm³/mol. The van der Waals surface area contributed by atoms with Crippen LogP contribution in [-0.2, 0) is 0 Å². The third-order valence-corrected chi connectivity index (χ3v) is 9.26. The quantitative estimate of drug-likeness (QED) is 0.0732. The summed E-state index contributed by atoms with van der Waals surface area (Å²) in [6, 6.07) is 0.600. The van der Waals surface area contributed by atoms with Gasteiger partial charge < -0.3 is 0 Å². The van der Waals surface area contributed by atoms with Gasteiger partial charge in [0.15, 0.2) is 0 Å². The lowest BCUT2D eigenvalue weighted by molar-refractivity contribution is -0.726. The van der Waals surface area contributed by atoms with E-state index < -0.39 is 0 Å². The van der Waals surface area contributed by atoms with Gasteiger partial charge in [-0.25, -0.2) is 9.55 Å². The largest absolute Gasteiger partial charge is 0.257 e. The fourth-order valence-corrected chi connectivity index (χ4v) is 6.33. The Bertz CT molecular complexity index is 606. The zero-order valence-corrected chi connectivity index (χ0v) is 27.6. The van der Waals surface area contributed by atoms with Gasteiger partial charge in [-0.3, -0.25) is 0 Å². The summed E-state index contributed by atoms with van der Waals surface area (Å²) in [6.45, 7) is 9.32. The smallest absolute Gasteiger partial charge is 0.247 e. The molecule has 0 aromatic carbocycles. The molecule has 1 aromatic heterocycles. The van der Waals surface area contributed by atoms with Crippen molar-refractivity contribution in [1.29, 1.82) is 0 Å². The first-order chi connectivity index (χ1) is 19.2. The van der Waals surface area contributed by atoms with Crippen molar-refractivity contribution in [1.82, 2.24) is 4.98 Å². The van der Waals surface area contributed by atoms with Gasteiger partial charge in [0.25, 0.3) is 5.82 Å². The molecular weight excluding hydrogens is 472 g/mol. The number of nitrogens with zero attached hydrogens (tertiary/aromatic N) is 1. The number of nitrogens with one attached hydrogen (secondary N) is 1. The highest BCUT2D eigenvalue weighted by atomic mass is 15.1. The highest BCUT2D eigenvalue weighted by Gasteiger charge is 2.24. The summed E-state index contributed by atoms with van der Waals surface area (Å²) < 4.78 is 2.55. The molecule has 0 spiro atoms. The molecule has 2 heteroatoms. The number of unbranched alkanes of at least 4 members (excludes halogenated alkanes) is 23. The molecule has 0 aliphatic heterocycles. The Morgan fingerprint density at radius 1 is 0.513 bits per heavy atom. The molecule has 0 aliphatic carbocycles. The van der Waals surface area contributed by atoms with Crippen LogP contribution in [0.25, 0.3) is 0 Å². The molecule has 2 nitrogen and oxygen atoms in total. The summed E-state index contributed by atoms with van der Waals surface area (Å²) in [4.78, 5) is 3.67. The van der Waals surface area contributed by atoms with Gasteiger partial charge in [-0.15, -0.1) is 0 Å². The molecule has 0 aliphatic rings. The molecule has 2 atom stereocenters. The van der Waals surface area contributed by atoms with Gasteiger partial charge in [0.2, 0.25) is 0 Å². The number of rotatable bonds is 30. The molecule has 2 unspecified atom stereocenters. The van der Waals surface area contributed by atoms with E-state index in [0.29, 0.717) is 12.0 Å². The average molecular weight is 546 g/mol. The van der Waals surface area contributed by atoms with Gasteiger partial charge in [-0.05, 0) is 26.2 Å². The van der Waals surface area contributed by atoms with Crippen LogP contribution in [0.15, 0.2) is 12.4 Å². The van der Waals surface area contributed by atoms with Crippen LogP contribution in [0.3, 0.4) is 0 Å². The third-order valence-electron chi connectivity index (χ3n) is 9.26. The summed E-state index contributed by atoms with van der Waals surface area (Å²) in [7, 11) is 0. The Hall–Kier alpha value is -0.790. The summed E-state index contributed by atoms with van der Waals surface area (Å²) in [5, 5.41) is 0. The first kappa shape index (κ1) is 36.2. The highest BCUT2D eigenvalue weighted by Crippen LogP contribution is 2.27. The Morgan fingerprint density at radius 3 is 1.18 bits per heavy atom. The lowest BCUT2D eigenvalue weighted by Gasteiger charge is -2.16. The Balaban J connectivity index is 2.19. The Labute approximate surface area is 246 Å². The van der Waals surface area contributed by atoms with Crippen LogP contribution >= 0.6 is 0 Å². The fourth-order valence-electron chi connectivity index (χ4n) is 6.33. The SMILES string of the molecule is CCCCCCCCCCCCCCCCCC(CCCCCCCCCCCC)c1[nH]cc[n+]1C(C)CC. The van der Waals surface area contributed by atoms with Crippen LogP contribution in [0, 0.1) is 0 Å². The number of H-pyrrole nitrogens is 1. The third kappa shape index (κ3) is 19.8. The van der Waals surface area contributed by atoms with Crippen LogP contribution in [0.5, 0.6) is 0 Å². The second-order valence-corrected chi connectivity index (χ2v) is 12.9.